The first-order valence-electron chi connectivity index (χ1n) is 9.62. The van der Waals surface area contributed by atoms with E-state index in [1.165, 1.54) is 12.1 Å². The monoisotopic (exact) mass is 426 g/mol. The van der Waals surface area contributed by atoms with Gasteiger partial charge in [-0.05, 0) is 55.3 Å². The summed E-state index contributed by atoms with van der Waals surface area (Å²) in [6, 6.07) is 12.5. The molecule has 1 aliphatic heterocycles. The molecule has 1 aliphatic rings. The van der Waals surface area contributed by atoms with Crippen molar-refractivity contribution in [2.24, 2.45) is 0 Å². The van der Waals surface area contributed by atoms with Gasteiger partial charge in [-0.25, -0.2) is 9.18 Å². The minimum Gasteiger partial charge on any atom is -0.334 e. The molecule has 0 saturated heterocycles. The van der Waals surface area contributed by atoms with E-state index in [4.69, 9.17) is 16.1 Å². The molecule has 0 fully saturated rings. The zero-order chi connectivity index (χ0) is 21.3. The van der Waals surface area contributed by atoms with Crippen LogP contribution in [0.5, 0.6) is 0 Å². The van der Waals surface area contributed by atoms with Crippen LogP contribution in [0.3, 0.4) is 0 Å². The second-order valence-corrected chi connectivity index (χ2v) is 7.45. The zero-order valence-corrected chi connectivity index (χ0v) is 17.3. The third-order valence-corrected chi connectivity index (χ3v) is 5.26. The fourth-order valence-electron chi connectivity index (χ4n) is 3.51. The number of carbonyl (C=O) groups excluding carboxylic acids is 1. The first-order valence-corrected chi connectivity index (χ1v) is 10.00. The number of hydrogen-bond acceptors (Lipinski definition) is 4. The second-order valence-electron chi connectivity index (χ2n) is 7.01. The summed E-state index contributed by atoms with van der Waals surface area (Å²) in [6.45, 7) is 4.44. The first-order chi connectivity index (χ1) is 14.5. The van der Waals surface area contributed by atoms with E-state index in [9.17, 15) is 9.18 Å². The van der Waals surface area contributed by atoms with Crippen LogP contribution in [0.15, 0.2) is 58.8 Å². The van der Waals surface area contributed by atoms with E-state index >= 15 is 0 Å². The van der Waals surface area contributed by atoms with Crippen LogP contribution in [0.1, 0.15) is 37.8 Å². The van der Waals surface area contributed by atoms with Crippen molar-refractivity contribution < 1.29 is 13.7 Å². The largest absolute Gasteiger partial charge is 0.334 e. The predicted octanol–water partition coefficient (Wildman–Crippen LogP) is 5.44. The Hall–Kier alpha value is -3.19. The molecule has 1 atom stereocenters. The highest BCUT2D eigenvalue weighted by molar-refractivity contribution is 6.30. The van der Waals surface area contributed by atoms with Gasteiger partial charge in [-0.15, -0.1) is 0 Å². The number of halogens is 2. The molecule has 8 heteroatoms. The third-order valence-electron chi connectivity index (χ3n) is 5.01. The van der Waals surface area contributed by atoms with E-state index in [2.05, 4.69) is 15.5 Å². The van der Waals surface area contributed by atoms with Crippen molar-refractivity contribution in [2.45, 2.75) is 26.3 Å². The van der Waals surface area contributed by atoms with Gasteiger partial charge in [-0.2, -0.15) is 4.98 Å². The number of carbonyl (C=O) groups is 1. The Bertz CT molecular complexity index is 1090. The van der Waals surface area contributed by atoms with Gasteiger partial charge >= 0.3 is 6.03 Å². The lowest BCUT2D eigenvalue weighted by atomic mass is 9.94. The van der Waals surface area contributed by atoms with Gasteiger partial charge in [0.2, 0.25) is 5.82 Å². The van der Waals surface area contributed by atoms with E-state index in [0.29, 0.717) is 34.4 Å². The van der Waals surface area contributed by atoms with Crippen LogP contribution in [0, 0.1) is 5.82 Å². The first kappa shape index (κ1) is 20.1. The van der Waals surface area contributed by atoms with Gasteiger partial charge in [-0.1, -0.05) is 35.8 Å². The number of aromatic nitrogens is 2. The lowest BCUT2D eigenvalue weighted by molar-refractivity contribution is 0.205. The van der Waals surface area contributed by atoms with Gasteiger partial charge in [0.15, 0.2) is 0 Å². The molecule has 6 nitrogen and oxygen atoms in total. The SMILES string of the molecule is CCCN1C(=O)NC(c2ccc(Cl)cc2)C(c2nc(-c3ccc(F)cc3)no2)=C1C. The quantitative estimate of drug-likeness (QED) is 0.590. The van der Waals surface area contributed by atoms with E-state index in [1.807, 2.05) is 26.0 Å². The van der Waals surface area contributed by atoms with Crippen LogP contribution in [0.25, 0.3) is 17.0 Å². The molecule has 4 rings (SSSR count). The number of nitrogens with one attached hydrogen (secondary N) is 1. The van der Waals surface area contributed by atoms with Crippen LogP contribution in [0.2, 0.25) is 5.02 Å². The Kier molecular flexibility index (Phi) is 5.55. The Balaban J connectivity index is 1.80. The number of nitrogens with zero attached hydrogens (tertiary/aromatic N) is 3. The van der Waals surface area contributed by atoms with Gasteiger partial charge in [0, 0.05) is 22.8 Å². The highest BCUT2D eigenvalue weighted by Crippen LogP contribution is 2.37. The molecule has 1 aromatic heterocycles. The zero-order valence-electron chi connectivity index (χ0n) is 16.5. The van der Waals surface area contributed by atoms with E-state index in [1.54, 1.807) is 29.2 Å². The molecule has 1 unspecified atom stereocenters. The van der Waals surface area contributed by atoms with Crippen LogP contribution in [-0.2, 0) is 0 Å². The maximum Gasteiger partial charge on any atom is 0.322 e. The summed E-state index contributed by atoms with van der Waals surface area (Å²) in [5, 5.41) is 7.70. The maximum atomic E-state index is 13.2. The summed E-state index contributed by atoms with van der Waals surface area (Å²) < 4.78 is 18.8. The lowest BCUT2D eigenvalue weighted by Gasteiger charge is -2.35. The number of rotatable bonds is 5. The maximum absolute atomic E-state index is 13.2. The molecule has 0 saturated carbocycles. The molecule has 2 heterocycles. The van der Waals surface area contributed by atoms with Crippen molar-refractivity contribution in [3.63, 3.8) is 0 Å². The van der Waals surface area contributed by atoms with Crippen LogP contribution in [0.4, 0.5) is 9.18 Å². The number of allylic oxidation sites excluding steroid dienone is 1. The van der Waals surface area contributed by atoms with Gasteiger partial charge in [0.25, 0.3) is 5.89 Å². The minimum absolute atomic E-state index is 0.184. The summed E-state index contributed by atoms with van der Waals surface area (Å²) in [7, 11) is 0. The number of urea groups is 1. The van der Waals surface area contributed by atoms with E-state index < -0.39 is 6.04 Å². The average Bonchev–Trinajstić information content (AvgIpc) is 3.21. The Morgan fingerprint density at radius 1 is 1.17 bits per heavy atom. The second kappa shape index (κ2) is 8.28. The average molecular weight is 427 g/mol. The Morgan fingerprint density at radius 3 is 2.53 bits per heavy atom. The molecular formula is C22H20ClFN4O2. The van der Waals surface area contributed by atoms with Crippen molar-refractivity contribution >= 4 is 23.2 Å². The summed E-state index contributed by atoms with van der Waals surface area (Å²) in [5.41, 5.74) is 2.94. The standard InChI is InChI=1S/C22H20ClFN4O2/c1-3-12-28-13(2)18(19(25-22(28)29)14-4-8-16(23)9-5-14)21-26-20(27-30-21)15-6-10-17(24)11-7-15/h4-11,19H,3,12H2,1-2H3,(H,25,29). The van der Waals surface area contributed by atoms with Crippen molar-refractivity contribution in [3.05, 3.63) is 76.5 Å². The Labute approximate surface area is 178 Å². The molecule has 30 heavy (non-hydrogen) atoms. The topological polar surface area (TPSA) is 71.3 Å². The molecular weight excluding hydrogens is 407 g/mol. The Morgan fingerprint density at radius 2 is 1.87 bits per heavy atom. The number of amides is 2. The lowest BCUT2D eigenvalue weighted by Crippen LogP contribution is -2.46. The fourth-order valence-corrected chi connectivity index (χ4v) is 3.63. The molecule has 0 spiro atoms. The number of benzene rings is 2. The van der Waals surface area contributed by atoms with E-state index in [0.717, 1.165) is 17.7 Å². The summed E-state index contributed by atoms with van der Waals surface area (Å²) in [4.78, 5) is 18.9. The van der Waals surface area contributed by atoms with E-state index in [-0.39, 0.29) is 11.8 Å². The van der Waals surface area contributed by atoms with Crippen LogP contribution >= 0.6 is 11.6 Å². The fraction of sp³-hybridized carbons (Fsp3) is 0.227. The molecule has 2 aromatic carbocycles. The van der Waals surface area contributed by atoms with Crippen molar-refractivity contribution in [1.29, 1.82) is 0 Å². The van der Waals surface area contributed by atoms with Gasteiger partial charge < -0.3 is 9.84 Å². The normalized spacial score (nSPS) is 16.7. The molecule has 154 valence electrons. The number of hydrogen-bond donors (Lipinski definition) is 1. The minimum atomic E-state index is -0.468. The predicted molar refractivity (Wildman–Crippen MR) is 112 cm³/mol. The summed E-state index contributed by atoms with van der Waals surface area (Å²) in [6.07, 6.45) is 0.800. The molecule has 3 aromatic rings. The molecule has 2 amide bonds. The van der Waals surface area contributed by atoms with Crippen molar-refractivity contribution in [1.82, 2.24) is 20.4 Å². The molecule has 0 radical (unpaired) electrons. The third kappa shape index (κ3) is 3.80. The molecule has 0 aliphatic carbocycles. The smallest absolute Gasteiger partial charge is 0.322 e. The van der Waals surface area contributed by atoms with Crippen molar-refractivity contribution in [2.75, 3.05) is 6.54 Å². The van der Waals surface area contributed by atoms with Crippen LogP contribution in [-0.4, -0.2) is 27.6 Å². The highest BCUT2D eigenvalue weighted by atomic mass is 35.5. The summed E-state index contributed by atoms with van der Waals surface area (Å²) >= 11 is 6.03. The van der Waals surface area contributed by atoms with Gasteiger partial charge in [0.05, 0.1) is 11.6 Å². The molecule has 1 N–H and O–H groups in total. The summed E-state index contributed by atoms with van der Waals surface area (Å²) in [5.74, 6) is 0.306. The molecule has 0 bridgehead atoms. The van der Waals surface area contributed by atoms with Gasteiger partial charge in [0.1, 0.15) is 5.82 Å². The highest BCUT2D eigenvalue weighted by Gasteiger charge is 2.35. The van der Waals surface area contributed by atoms with Crippen LogP contribution < -0.4 is 5.32 Å². The van der Waals surface area contributed by atoms with Crippen molar-refractivity contribution in [3.8, 4) is 11.4 Å². The van der Waals surface area contributed by atoms with Gasteiger partial charge in [-0.3, -0.25) is 4.90 Å².